The molecule has 1 N–H and O–H groups in total. The maximum atomic E-state index is 4.14. The molecule has 0 fully saturated rings. The van der Waals surface area contributed by atoms with Crippen molar-refractivity contribution in [2.24, 2.45) is 0 Å². The van der Waals surface area contributed by atoms with E-state index < -0.39 is 0 Å². The number of nitrogens with one attached hydrogen (secondary N) is 1. The van der Waals surface area contributed by atoms with Gasteiger partial charge in [-0.1, -0.05) is 12.2 Å². The fourth-order valence-corrected chi connectivity index (χ4v) is 1.32. The van der Waals surface area contributed by atoms with Gasteiger partial charge in [0, 0.05) is 18.4 Å². The minimum atomic E-state index is 0.515. The van der Waals surface area contributed by atoms with Gasteiger partial charge in [-0.15, -0.1) is 0 Å². The van der Waals surface area contributed by atoms with Crippen LogP contribution in [0.15, 0.2) is 30.7 Å². The number of hydrogen-bond acceptors (Lipinski definition) is 3. The molecule has 1 aromatic heterocycles. The molecule has 1 aromatic rings. The molecule has 62 valence electrons. The van der Waals surface area contributed by atoms with E-state index in [0.717, 1.165) is 18.7 Å². The molecule has 1 heterocycles. The molecule has 0 atom stereocenters. The van der Waals surface area contributed by atoms with E-state index in [1.165, 1.54) is 0 Å². The molecule has 1 aliphatic carbocycles. The van der Waals surface area contributed by atoms with Crippen LogP contribution < -0.4 is 5.32 Å². The van der Waals surface area contributed by atoms with Crippen molar-refractivity contribution in [2.75, 3.05) is 5.32 Å². The first-order valence-electron chi connectivity index (χ1n) is 4.13. The Balaban J connectivity index is 1.95. The molecule has 0 aliphatic heterocycles. The summed E-state index contributed by atoms with van der Waals surface area (Å²) in [5.41, 5.74) is 0. The lowest BCUT2D eigenvalue weighted by Crippen LogP contribution is -2.15. The largest absolute Gasteiger partial charge is 0.365 e. The Kier molecular flexibility index (Phi) is 2.03. The summed E-state index contributed by atoms with van der Waals surface area (Å²) in [4.78, 5) is 8.12. The van der Waals surface area contributed by atoms with Gasteiger partial charge in [0.05, 0.1) is 6.20 Å². The van der Waals surface area contributed by atoms with Gasteiger partial charge in [-0.3, -0.25) is 4.98 Å². The van der Waals surface area contributed by atoms with Gasteiger partial charge in [0.1, 0.15) is 5.82 Å². The average molecular weight is 161 g/mol. The molecule has 2 rings (SSSR count). The normalized spacial score (nSPS) is 16.7. The van der Waals surface area contributed by atoms with Crippen molar-refractivity contribution in [3.63, 3.8) is 0 Å². The molecule has 0 radical (unpaired) electrons. The topological polar surface area (TPSA) is 37.8 Å². The van der Waals surface area contributed by atoms with Crippen molar-refractivity contribution >= 4 is 5.82 Å². The monoisotopic (exact) mass is 161 g/mol. The van der Waals surface area contributed by atoms with Gasteiger partial charge in [-0.05, 0) is 12.8 Å². The van der Waals surface area contributed by atoms with Gasteiger partial charge in [-0.25, -0.2) is 4.98 Å². The van der Waals surface area contributed by atoms with Gasteiger partial charge >= 0.3 is 0 Å². The average Bonchev–Trinajstić information content (AvgIpc) is 2.59. The van der Waals surface area contributed by atoms with Crippen molar-refractivity contribution in [1.82, 2.24) is 9.97 Å². The lowest BCUT2D eigenvalue weighted by molar-refractivity contribution is 0.779. The van der Waals surface area contributed by atoms with Crippen molar-refractivity contribution in [3.05, 3.63) is 30.7 Å². The molecule has 0 saturated heterocycles. The number of nitrogens with zero attached hydrogens (tertiary/aromatic N) is 2. The Labute approximate surface area is 71.5 Å². The van der Waals surface area contributed by atoms with Crippen molar-refractivity contribution in [3.8, 4) is 0 Å². The van der Waals surface area contributed by atoms with Crippen LogP contribution in [0, 0.1) is 0 Å². The lowest BCUT2D eigenvalue weighted by atomic mass is 10.2. The van der Waals surface area contributed by atoms with Crippen LogP contribution >= 0.6 is 0 Å². The van der Waals surface area contributed by atoms with Gasteiger partial charge in [-0.2, -0.15) is 0 Å². The van der Waals surface area contributed by atoms with Crippen LogP contribution in [0.2, 0.25) is 0 Å². The highest BCUT2D eigenvalue weighted by Crippen LogP contribution is 2.13. The van der Waals surface area contributed by atoms with Gasteiger partial charge in [0.2, 0.25) is 0 Å². The van der Waals surface area contributed by atoms with Crippen LogP contribution in [0.25, 0.3) is 0 Å². The summed E-state index contributed by atoms with van der Waals surface area (Å²) in [6.45, 7) is 0. The second-order valence-electron chi connectivity index (χ2n) is 2.87. The zero-order valence-corrected chi connectivity index (χ0v) is 6.77. The first-order chi connectivity index (χ1) is 5.95. The summed E-state index contributed by atoms with van der Waals surface area (Å²) in [7, 11) is 0. The van der Waals surface area contributed by atoms with Crippen LogP contribution in [-0.4, -0.2) is 16.0 Å². The van der Waals surface area contributed by atoms with E-state index >= 15 is 0 Å². The van der Waals surface area contributed by atoms with E-state index in [1.54, 1.807) is 18.6 Å². The molecular formula is C9H11N3. The first-order valence-corrected chi connectivity index (χ1v) is 4.13. The number of anilines is 1. The molecule has 1 aliphatic rings. The number of aromatic nitrogens is 2. The molecule has 0 saturated carbocycles. The maximum absolute atomic E-state index is 4.14. The Hall–Kier alpha value is -1.38. The molecule has 0 unspecified atom stereocenters. The third-order valence-electron chi connectivity index (χ3n) is 1.92. The number of rotatable bonds is 2. The minimum Gasteiger partial charge on any atom is -0.365 e. The highest BCUT2D eigenvalue weighted by atomic mass is 15.0. The summed E-state index contributed by atoms with van der Waals surface area (Å²) in [5, 5.41) is 3.30. The van der Waals surface area contributed by atoms with Gasteiger partial charge in [0.25, 0.3) is 0 Å². The van der Waals surface area contributed by atoms with E-state index in [0.29, 0.717) is 6.04 Å². The lowest BCUT2D eigenvalue weighted by Gasteiger charge is -2.11. The molecular weight excluding hydrogens is 150 g/mol. The second-order valence-corrected chi connectivity index (χ2v) is 2.87. The highest BCUT2D eigenvalue weighted by molar-refractivity contribution is 5.32. The Morgan fingerprint density at radius 2 is 2.08 bits per heavy atom. The van der Waals surface area contributed by atoms with Crippen molar-refractivity contribution < 1.29 is 0 Å². The minimum absolute atomic E-state index is 0.515. The van der Waals surface area contributed by atoms with Gasteiger partial charge in [0.15, 0.2) is 0 Å². The van der Waals surface area contributed by atoms with E-state index in [2.05, 4.69) is 27.4 Å². The molecule has 0 amide bonds. The summed E-state index contributed by atoms with van der Waals surface area (Å²) in [6, 6.07) is 0.515. The highest BCUT2D eigenvalue weighted by Gasteiger charge is 2.09. The van der Waals surface area contributed by atoms with E-state index in [9.17, 15) is 0 Å². The summed E-state index contributed by atoms with van der Waals surface area (Å²) >= 11 is 0. The van der Waals surface area contributed by atoms with Crippen LogP contribution in [0.1, 0.15) is 12.8 Å². The quantitative estimate of drug-likeness (QED) is 0.669. The molecule has 0 bridgehead atoms. The summed E-state index contributed by atoms with van der Waals surface area (Å²) in [6.07, 6.45) is 11.7. The zero-order valence-electron chi connectivity index (χ0n) is 6.77. The predicted octanol–water partition coefficient (Wildman–Crippen LogP) is 1.61. The van der Waals surface area contributed by atoms with Crippen molar-refractivity contribution in [1.29, 1.82) is 0 Å². The third-order valence-corrected chi connectivity index (χ3v) is 1.92. The molecule has 0 aromatic carbocycles. The fraction of sp³-hybridized carbons (Fsp3) is 0.333. The zero-order chi connectivity index (χ0) is 8.23. The predicted molar refractivity (Wildman–Crippen MR) is 47.8 cm³/mol. The second kappa shape index (κ2) is 3.34. The first kappa shape index (κ1) is 7.28. The maximum Gasteiger partial charge on any atom is 0.144 e. The molecule has 3 heteroatoms. The third kappa shape index (κ3) is 1.61. The SMILES string of the molecule is C1=CCC(Nc2cnccn2)C1. The molecule has 3 nitrogen and oxygen atoms in total. The van der Waals surface area contributed by atoms with Crippen LogP contribution in [-0.2, 0) is 0 Å². The van der Waals surface area contributed by atoms with Crippen LogP contribution in [0.3, 0.4) is 0 Å². The molecule has 12 heavy (non-hydrogen) atoms. The van der Waals surface area contributed by atoms with Crippen LogP contribution in [0.5, 0.6) is 0 Å². The smallest absolute Gasteiger partial charge is 0.144 e. The summed E-state index contributed by atoms with van der Waals surface area (Å²) < 4.78 is 0. The van der Waals surface area contributed by atoms with E-state index in [4.69, 9.17) is 0 Å². The fourth-order valence-electron chi connectivity index (χ4n) is 1.32. The Morgan fingerprint density at radius 1 is 1.25 bits per heavy atom. The van der Waals surface area contributed by atoms with Crippen molar-refractivity contribution in [2.45, 2.75) is 18.9 Å². The van der Waals surface area contributed by atoms with Crippen LogP contribution in [0.4, 0.5) is 5.82 Å². The van der Waals surface area contributed by atoms with E-state index in [-0.39, 0.29) is 0 Å². The Morgan fingerprint density at radius 3 is 2.75 bits per heavy atom. The van der Waals surface area contributed by atoms with E-state index in [1.807, 2.05) is 0 Å². The van der Waals surface area contributed by atoms with Gasteiger partial charge < -0.3 is 5.32 Å². The summed E-state index contributed by atoms with van der Waals surface area (Å²) in [5.74, 6) is 0.867. The standard InChI is InChI=1S/C9H11N3/c1-2-4-8(3-1)12-9-7-10-5-6-11-9/h1-2,5-8H,3-4H2,(H,11,12). The molecule has 0 spiro atoms. The Bertz CT molecular complexity index is 260. The number of hydrogen-bond donors (Lipinski definition) is 1.